The highest BCUT2D eigenvalue weighted by Crippen LogP contribution is 2.29. The Morgan fingerprint density at radius 3 is 2.07 bits per heavy atom. The Balaban J connectivity index is 1.98. The van der Waals surface area contributed by atoms with Crippen molar-refractivity contribution in [2.45, 2.75) is 40.0 Å². The minimum Gasteiger partial charge on any atom is -0.406 e. The molecule has 0 aromatic heterocycles. The van der Waals surface area contributed by atoms with Crippen LogP contribution < -0.4 is 10.1 Å². The van der Waals surface area contributed by atoms with Crippen molar-refractivity contribution in [3.05, 3.63) is 84.5 Å². The summed E-state index contributed by atoms with van der Waals surface area (Å²) in [6.07, 6.45) is 5.77. The number of nitrogens with one attached hydrogen (secondary N) is 1. The number of anilines is 2. The minimum atomic E-state index is -4.69. The number of allylic oxidation sites excluding steroid dienone is 4. The predicted molar refractivity (Wildman–Crippen MR) is 119 cm³/mol. The average molecular weight is 415 g/mol. The molecule has 5 heteroatoms. The Bertz CT molecular complexity index is 876. The zero-order valence-corrected chi connectivity index (χ0v) is 17.6. The third-order valence-electron chi connectivity index (χ3n) is 4.65. The summed E-state index contributed by atoms with van der Waals surface area (Å²) in [7, 11) is 0. The van der Waals surface area contributed by atoms with E-state index < -0.39 is 6.36 Å². The van der Waals surface area contributed by atoms with Crippen LogP contribution in [0.5, 0.6) is 5.75 Å². The van der Waals surface area contributed by atoms with Crippen LogP contribution in [0, 0.1) is 5.41 Å². The van der Waals surface area contributed by atoms with Crippen molar-refractivity contribution in [2.75, 3.05) is 5.32 Å². The summed E-state index contributed by atoms with van der Waals surface area (Å²) in [5.74, 6) is -0.247. The Morgan fingerprint density at radius 2 is 1.57 bits per heavy atom. The molecule has 30 heavy (non-hydrogen) atoms. The lowest BCUT2D eigenvalue weighted by Gasteiger charge is -2.20. The molecule has 2 aromatic rings. The van der Waals surface area contributed by atoms with Crippen molar-refractivity contribution in [2.24, 2.45) is 5.41 Å². The van der Waals surface area contributed by atoms with Gasteiger partial charge in [-0.1, -0.05) is 48.9 Å². The molecular weight excluding hydrogens is 387 g/mol. The van der Waals surface area contributed by atoms with Crippen LogP contribution in [0.4, 0.5) is 24.5 Å². The lowest BCUT2D eigenvalue weighted by molar-refractivity contribution is -0.274. The molecule has 1 N–H and O–H groups in total. The van der Waals surface area contributed by atoms with E-state index in [0.29, 0.717) is 5.69 Å². The molecule has 2 nitrogen and oxygen atoms in total. The first-order valence-electron chi connectivity index (χ1n) is 9.78. The van der Waals surface area contributed by atoms with Crippen LogP contribution in [0.15, 0.2) is 78.9 Å². The van der Waals surface area contributed by atoms with E-state index in [2.05, 4.69) is 55.6 Å². The molecule has 2 aromatic carbocycles. The summed E-state index contributed by atoms with van der Waals surface area (Å²) >= 11 is 0. The van der Waals surface area contributed by atoms with E-state index in [1.54, 1.807) is 0 Å². The maximum absolute atomic E-state index is 12.2. The van der Waals surface area contributed by atoms with Gasteiger partial charge in [0.2, 0.25) is 0 Å². The molecule has 0 heterocycles. The summed E-state index contributed by atoms with van der Waals surface area (Å²) < 4.78 is 40.6. The third-order valence-corrected chi connectivity index (χ3v) is 4.65. The van der Waals surface area contributed by atoms with Gasteiger partial charge in [-0.25, -0.2) is 0 Å². The van der Waals surface area contributed by atoms with Gasteiger partial charge in [0.1, 0.15) is 5.75 Å². The number of benzene rings is 2. The first-order valence-corrected chi connectivity index (χ1v) is 9.78. The fourth-order valence-electron chi connectivity index (χ4n) is 2.80. The molecule has 0 saturated heterocycles. The first kappa shape index (κ1) is 23.3. The van der Waals surface area contributed by atoms with Gasteiger partial charge in [-0.2, -0.15) is 0 Å². The van der Waals surface area contributed by atoms with Gasteiger partial charge in [0, 0.05) is 16.8 Å². The molecule has 160 valence electrons. The maximum Gasteiger partial charge on any atom is 0.573 e. The van der Waals surface area contributed by atoms with Crippen LogP contribution in [0.25, 0.3) is 6.08 Å². The van der Waals surface area contributed by atoms with E-state index in [4.69, 9.17) is 0 Å². The fraction of sp³-hybridized carbons (Fsp3) is 0.280. The summed E-state index contributed by atoms with van der Waals surface area (Å²) in [6.45, 7) is 10.3. The van der Waals surface area contributed by atoms with Gasteiger partial charge in [-0.15, -0.1) is 19.8 Å². The Morgan fingerprint density at radius 1 is 1.00 bits per heavy atom. The van der Waals surface area contributed by atoms with Crippen LogP contribution in [0.3, 0.4) is 0 Å². The molecule has 0 aliphatic rings. The molecule has 2 rings (SSSR count). The molecule has 0 aliphatic carbocycles. The van der Waals surface area contributed by atoms with Crippen molar-refractivity contribution in [3.8, 4) is 5.75 Å². The number of hydrogen-bond acceptors (Lipinski definition) is 2. The lowest BCUT2D eigenvalue weighted by Crippen LogP contribution is -2.16. The van der Waals surface area contributed by atoms with E-state index in [0.717, 1.165) is 24.1 Å². The van der Waals surface area contributed by atoms with Crippen LogP contribution in [0.2, 0.25) is 0 Å². The average Bonchev–Trinajstić information content (AvgIpc) is 2.67. The van der Waals surface area contributed by atoms with E-state index in [9.17, 15) is 13.2 Å². The topological polar surface area (TPSA) is 21.3 Å². The third kappa shape index (κ3) is 8.19. The number of halogens is 3. The second-order valence-corrected chi connectivity index (χ2v) is 7.68. The zero-order valence-electron chi connectivity index (χ0n) is 17.6. The smallest absolute Gasteiger partial charge is 0.406 e. The van der Waals surface area contributed by atoms with E-state index >= 15 is 0 Å². The second kappa shape index (κ2) is 10.2. The van der Waals surface area contributed by atoms with Crippen molar-refractivity contribution in [1.82, 2.24) is 0 Å². The largest absolute Gasteiger partial charge is 0.573 e. The fourth-order valence-corrected chi connectivity index (χ4v) is 2.80. The molecular formula is C25H28F3NO. The van der Waals surface area contributed by atoms with Gasteiger partial charge in [0.25, 0.3) is 0 Å². The highest BCUT2D eigenvalue weighted by molar-refractivity contribution is 5.63. The SMILES string of the molecule is C=C[C@@](C)(/C=C/c1ccc(Nc2ccc(OC(F)(F)F)cc2)cc1)CCC=C(C)C. The highest BCUT2D eigenvalue weighted by atomic mass is 19.4. The van der Waals surface area contributed by atoms with Gasteiger partial charge in [0.05, 0.1) is 0 Å². The molecule has 0 radical (unpaired) electrons. The van der Waals surface area contributed by atoms with Crippen LogP contribution in [-0.2, 0) is 0 Å². The summed E-state index contributed by atoms with van der Waals surface area (Å²) in [5.41, 5.74) is 3.81. The molecule has 0 bridgehead atoms. The molecule has 0 unspecified atom stereocenters. The Hall–Kier alpha value is -2.95. The highest BCUT2D eigenvalue weighted by Gasteiger charge is 2.30. The van der Waals surface area contributed by atoms with E-state index in [1.165, 1.54) is 29.8 Å². The van der Waals surface area contributed by atoms with Gasteiger partial charge >= 0.3 is 6.36 Å². The summed E-state index contributed by atoms with van der Waals surface area (Å²) in [4.78, 5) is 0. The summed E-state index contributed by atoms with van der Waals surface area (Å²) in [5, 5.41) is 3.16. The van der Waals surface area contributed by atoms with E-state index in [1.807, 2.05) is 30.3 Å². The molecule has 0 fully saturated rings. The van der Waals surface area contributed by atoms with Crippen molar-refractivity contribution in [3.63, 3.8) is 0 Å². The van der Waals surface area contributed by atoms with Crippen LogP contribution in [-0.4, -0.2) is 6.36 Å². The molecule has 0 spiro atoms. The summed E-state index contributed by atoms with van der Waals surface area (Å²) in [6, 6.07) is 13.5. The lowest BCUT2D eigenvalue weighted by atomic mass is 9.84. The van der Waals surface area contributed by atoms with Crippen molar-refractivity contribution < 1.29 is 17.9 Å². The van der Waals surface area contributed by atoms with Gasteiger partial charge in [-0.3, -0.25) is 0 Å². The van der Waals surface area contributed by atoms with Gasteiger partial charge in [0.15, 0.2) is 0 Å². The molecule has 0 amide bonds. The predicted octanol–water partition coefficient (Wildman–Crippen LogP) is 8.28. The number of alkyl halides is 3. The first-order chi connectivity index (χ1) is 14.1. The number of hydrogen-bond donors (Lipinski definition) is 1. The molecule has 1 atom stereocenters. The normalized spacial score (nSPS) is 13.5. The zero-order chi connectivity index (χ0) is 22.2. The van der Waals surface area contributed by atoms with Crippen molar-refractivity contribution in [1.29, 1.82) is 0 Å². The van der Waals surface area contributed by atoms with Crippen LogP contribution >= 0.6 is 0 Å². The monoisotopic (exact) mass is 415 g/mol. The number of rotatable bonds is 9. The Labute approximate surface area is 176 Å². The second-order valence-electron chi connectivity index (χ2n) is 7.68. The number of ether oxygens (including phenoxy) is 1. The Kier molecular flexibility index (Phi) is 7.93. The van der Waals surface area contributed by atoms with Gasteiger partial charge in [-0.05, 0) is 68.7 Å². The minimum absolute atomic E-state index is 0.0803. The molecule has 0 saturated carbocycles. The van der Waals surface area contributed by atoms with E-state index in [-0.39, 0.29) is 11.2 Å². The quantitative estimate of drug-likeness (QED) is 0.416. The van der Waals surface area contributed by atoms with Crippen LogP contribution in [0.1, 0.15) is 39.2 Å². The van der Waals surface area contributed by atoms with Crippen molar-refractivity contribution >= 4 is 17.5 Å². The van der Waals surface area contributed by atoms with Gasteiger partial charge < -0.3 is 10.1 Å². The standard InChI is InChI=1S/C25H28F3NO/c1-5-24(4,17-6-7-19(2)3)18-16-20-8-10-21(11-9-20)29-22-12-14-23(15-13-22)30-25(26,27)28/h5,7-16,18,29H,1,6,17H2,2-4H3/b18-16+/t24-/m1/s1. The maximum atomic E-state index is 12.2. The molecule has 0 aliphatic heterocycles.